The molecule has 0 fully saturated rings. The molecule has 0 N–H and O–H groups in total. The number of azo groups is 2. The molecule has 0 saturated heterocycles. The zero-order valence-corrected chi connectivity index (χ0v) is 31.6. The van der Waals surface area contributed by atoms with Gasteiger partial charge in [-0.1, -0.05) is 101 Å². The van der Waals surface area contributed by atoms with Crippen molar-refractivity contribution in [2.45, 2.75) is 90.0 Å². The Labute approximate surface area is 293 Å². The Morgan fingerprint density at radius 2 is 0.857 bits per heavy atom. The summed E-state index contributed by atoms with van der Waals surface area (Å²) in [6.45, 7) is 26.7. The highest BCUT2D eigenvalue weighted by Crippen LogP contribution is 2.40. The molecule has 0 aliphatic heterocycles. The second-order valence-corrected chi connectivity index (χ2v) is 17.1. The summed E-state index contributed by atoms with van der Waals surface area (Å²) in [6.07, 6.45) is 11.2. The van der Waals surface area contributed by atoms with Gasteiger partial charge >= 0.3 is 0 Å². The third-order valence-corrected chi connectivity index (χ3v) is 8.60. The van der Waals surface area contributed by atoms with Crippen LogP contribution in [0.2, 0.25) is 0 Å². The maximum absolute atomic E-state index is 13.2. The van der Waals surface area contributed by atoms with E-state index in [4.69, 9.17) is 0 Å². The quantitative estimate of drug-likeness (QED) is 0.300. The third kappa shape index (κ3) is 9.11. The molecule has 6 heteroatoms. The Hall–Kier alpha value is -4.58. The van der Waals surface area contributed by atoms with E-state index in [2.05, 4.69) is 110 Å². The van der Waals surface area contributed by atoms with Crippen molar-refractivity contribution in [3.8, 4) is 11.1 Å². The summed E-state index contributed by atoms with van der Waals surface area (Å²) >= 11 is 0. The van der Waals surface area contributed by atoms with Gasteiger partial charge in [0.05, 0.1) is 23.8 Å². The molecule has 2 aliphatic rings. The largest absolute Gasteiger partial charge is 0.289 e. The van der Waals surface area contributed by atoms with Crippen LogP contribution >= 0.6 is 0 Å². The van der Waals surface area contributed by atoms with Gasteiger partial charge in [-0.15, -0.1) is 0 Å². The first-order valence-corrected chi connectivity index (χ1v) is 17.0. The van der Waals surface area contributed by atoms with Crippen molar-refractivity contribution in [1.82, 2.24) is 0 Å². The van der Waals surface area contributed by atoms with Crippen molar-refractivity contribution >= 4 is 22.9 Å². The number of rotatable bonds is 5. The van der Waals surface area contributed by atoms with E-state index >= 15 is 0 Å². The van der Waals surface area contributed by atoms with Crippen LogP contribution < -0.4 is 0 Å². The highest BCUT2D eigenvalue weighted by molar-refractivity contribution is 6.12. The minimum atomic E-state index is -0.275. The molecule has 2 aromatic rings. The van der Waals surface area contributed by atoms with Gasteiger partial charge in [-0.25, -0.2) is 0 Å². The van der Waals surface area contributed by atoms with E-state index in [1.54, 1.807) is 12.4 Å². The maximum atomic E-state index is 13.2. The van der Waals surface area contributed by atoms with E-state index in [9.17, 15) is 9.59 Å². The molecular formula is C43H52N4O2. The summed E-state index contributed by atoms with van der Waals surface area (Å²) in [5, 5.41) is 17.7. The van der Waals surface area contributed by atoms with E-state index in [1.165, 1.54) is 0 Å². The fraction of sp³-hybridized carbons (Fsp3) is 0.395. The number of allylic oxidation sites excluding steroid dienone is 10. The number of benzene rings is 2. The van der Waals surface area contributed by atoms with Crippen molar-refractivity contribution in [3.05, 3.63) is 118 Å². The van der Waals surface area contributed by atoms with Crippen LogP contribution in [0.3, 0.4) is 0 Å². The molecule has 0 amide bonds. The molecule has 0 aromatic heterocycles. The molecule has 0 radical (unpaired) electrons. The summed E-state index contributed by atoms with van der Waals surface area (Å²) in [4.78, 5) is 26.4. The molecule has 2 aliphatic carbocycles. The normalized spacial score (nSPS) is 16.6. The number of nitrogens with zero attached hydrogens (tertiary/aromatic N) is 4. The molecule has 49 heavy (non-hydrogen) atoms. The molecule has 0 heterocycles. The lowest BCUT2D eigenvalue weighted by molar-refractivity contribution is -0.114. The minimum Gasteiger partial charge on any atom is -0.289 e. The van der Waals surface area contributed by atoms with Gasteiger partial charge in [0, 0.05) is 22.3 Å². The molecule has 0 spiro atoms. The van der Waals surface area contributed by atoms with Crippen molar-refractivity contribution in [3.63, 3.8) is 0 Å². The average molecular weight is 657 g/mol. The molecular weight excluding hydrogens is 604 g/mol. The Morgan fingerprint density at radius 1 is 0.490 bits per heavy atom. The lowest BCUT2D eigenvalue weighted by Gasteiger charge is -2.31. The maximum Gasteiger partial charge on any atom is 0.186 e. The zero-order chi connectivity index (χ0) is 36.5. The van der Waals surface area contributed by atoms with Gasteiger partial charge in [0.15, 0.2) is 11.6 Å². The van der Waals surface area contributed by atoms with Crippen LogP contribution in [0, 0.1) is 28.6 Å². The second-order valence-electron chi connectivity index (χ2n) is 17.1. The number of carbonyl (C=O) groups excluding carboxylic acids is 2. The lowest BCUT2D eigenvalue weighted by Crippen LogP contribution is -2.27. The van der Waals surface area contributed by atoms with Gasteiger partial charge in [0.1, 0.15) is 0 Å². The number of hydrogen-bond donors (Lipinski definition) is 0. The fourth-order valence-electron chi connectivity index (χ4n) is 5.67. The molecule has 0 bridgehead atoms. The summed E-state index contributed by atoms with van der Waals surface area (Å²) in [7, 11) is 0. The standard InChI is InChI=1S/C43H52N4O2/c1-27-20-31(16-19-37(27)47-45-26-29-23-35(42(8,9)10)39(49)36(24-29)43(11,12)13)30-14-17-32(18-15-30)46-44-25-28-21-33(40(2,3)4)38(48)34(22-28)41(5,6)7/h14-26H,1-13H3. The first kappa shape index (κ1) is 37.2. The molecule has 0 atom stereocenters. The molecule has 2 aromatic carbocycles. The smallest absolute Gasteiger partial charge is 0.186 e. The summed E-state index contributed by atoms with van der Waals surface area (Å²) in [5.41, 5.74) is 8.41. The Balaban J connectivity index is 1.51. The Kier molecular flexibility index (Phi) is 10.4. The van der Waals surface area contributed by atoms with E-state index in [1.807, 2.05) is 67.6 Å². The molecule has 0 unspecified atom stereocenters. The fourth-order valence-corrected chi connectivity index (χ4v) is 5.67. The lowest BCUT2D eigenvalue weighted by atomic mass is 9.72. The van der Waals surface area contributed by atoms with Crippen LogP contribution in [0.4, 0.5) is 11.4 Å². The van der Waals surface area contributed by atoms with Crippen molar-refractivity contribution in [2.75, 3.05) is 0 Å². The SMILES string of the molecule is Cc1cc(-c2ccc(N=NC=C3C=C(C(C)(C)C)C(=O)C(C(C)(C)C)=C3)cc2)ccc1N=NC=C1C=C(C(C)(C)C)C(=O)C(C(C)(C)C)=C1. The van der Waals surface area contributed by atoms with Crippen LogP contribution in [-0.2, 0) is 9.59 Å². The Morgan fingerprint density at radius 3 is 1.22 bits per heavy atom. The topological polar surface area (TPSA) is 83.6 Å². The number of hydrogen-bond acceptors (Lipinski definition) is 6. The van der Waals surface area contributed by atoms with Crippen LogP contribution in [-0.4, -0.2) is 11.6 Å². The molecule has 6 nitrogen and oxygen atoms in total. The molecule has 0 saturated carbocycles. The van der Waals surface area contributed by atoms with Gasteiger partial charge in [-0.3, -0.25) is 9.59 Å². The van der Waals surface area contributed by atoms with Crippen LogP contribution in [0.1, 0.15) is 88.6 Å². The summed E-state index contributed by atoms with van der Waals surface area (Å²) in [6, 6.07) is 14.0. The highest BCUT2D eigenvalue weighted by atomic mass is 16.1. The van der Waals surface area contributed by atoms with Crippen LogP contribution in [0.25, 0.3) is 11.1 Å². The average Bonchev–Trinajstić information content (AvgIpc) is 2.97. The second kappa shape index (κ2) is 13.7. The monoisotopic (exact) mass is 656 g/mol. The van der Waals surface area contributed by atoms with E-state index in [0.717, 1.165) is 61.5 Å². The molecule has 256 valence electrons. The third-order valence-electron chi connectivity index (χ3n) is 8.60. The van der Waals surface area contributed by atoms with Crippen molar-refractivity contribution in [2.24, 2.45) is 42.1 Å². The summed E-state index contributed by atoms with van der Waals surface area (Å²) < 4.78 is 0. The van der Waals surface area contributed by atoms with E-state index < -0.39 is 0 Å². The highest BCUT2D eigenvalue weighted by Gasteiger charge is 2.35. The van der Waals surface area contributed by atoms with Crippen molar-refractivity contribution in [1.29, 1.82) is 0 Å². The van der Waals surface area contributed by atoms with Gasteiger partial charge in [-0.05, 0) is 105 Å². The Bertz CT molecular complexity index is 1820. The predicted octanol–water partition coefficient (Wildman–Crippen LogP) is 12.7. The van der Waals surface area contributed by atoms with Crippen LogP contribution in [0.5, 0.6) is 0 Å². The van der Waals surface area contributed by atoms with Gasteiger partial charge in [0.25, 0.3) is 0 Å². The first-order valence-electron chi connectivity index (χ1n) is 17.0. The minimum absolute atomic E-state index is 0.103. The van der Waals surface area contributed by atoms with Gasteiger partial charge < -0.3 is 0 Å². The van der Waals surface area contributed by atoms with E-state index in [-0.39, 0.29) is 33.2 Å². The molecule has 4 rings (SSSR count). The predicted molar refractivity (Wildman–Crippen MR) is 202 cm³/mol. The number of carbonyl (C=O) groups is 2. The van der Waals surface area contributed by atoms with Crippen molar-refractivity contribution < 1.29 is 9.59 Å². The zero-order valence-electron chi connectivity index (χ0n) is 31.6. The van der Waals surface area contributed by atoms with E-state index in [0.29, 0.717) is 0 Å². The van der Waals surface area contributed by atoms with Gasteiger partial charge in [-0.2, -0.15) is 20.5 Å². The summed E-state index contributed by atoms with van der Waals surface area (Å²) in [5.74, 6) is 0.206. The van der Waals surface area contributed by atoms with Gasteiger partial charge in [0.2, 0.25) is 0 Å². The van der Waals surface area contributed by atoms with Crippen LogP contribution in [0.15, 0.2) is 133 Å². The number of ketones is 2. The number of aryl methyl sites for hydroxylation is 1. The first-order chi connectivity index (χ1) is 22.6. The number of Topliss-reactive ketones (excluding diaryl/α,β-unsaturated/α-hetero) is 2.